The zero-order chi connectivity index (χ0) is 14.1. The summed E-state index contributed by atoms with van der Waals surface area (Å²) < 4.78 is 0. The van der Waals surface area contributed by atoms with E-state index < -0.39 is 0 Å². The lowest BCUT2D eigenvalue weighted by Gasteiger charge is -2.14. The number of hydrogen-bond donors (Lipinski definition) is 1. The van der Waals surface area contributed by atoms with Crippen molar-refractivity contribution in [2.45, 2.75) is 45.4 Å². The van der Waals surface area contributed by atoms with E-state index in [0.29, 0.717) is 6.04 Å². The molecule has 0 saturated carbocycles. The predicted octanol–water partition coefficient (Wildman–Crippen LogP) is 4.99. The quantitative estimate of drug-likeness (QED) is 0.645. The van der Waals surface area contributed by atoms with Gasteiger partial charge < -0.3 is 5.32 Å². The smallest absolute Gasteiger partial charge is 0.0446 e. The number of rotatable bonds is 9. The van der Waals surface area contributed by atoms with Crippen molar-refractivity contribution < 1.29 is 0 Å². The van der Waals surface area contributed by atoms with Crippen molar-refractivity contribution in [3.8, 4) is 0 Å². The molecular weight excluding hydrogens is 274 g/mol. The second kappa shape index (κ2) is 9.68. The summed E-state index contributed by atoms with van der Waals surface area (Å²) in [7, 11) is 0. The molecule has 1 nitrogen and oxygen atoms in total. The van der Waals surface area contributed by atoms with Crippen molar-refractivity contribution in [1.29, 1.82) is 0 Å². The Hall–Kier alpha value is -0.180. The third-order valence-electron chi connectivity index (χ3n) is 3.13. The molecule has 0 spiro atoms. The van der Waals surface area contributed by atoms with Crippen molar-refractivity contribution in [3.63, 3.8) is 0 Å². The van der Waals surface area contributed by atoms with Crippen molar-refractivity contribution >= 4 is 23.4 Å². The van der Waals surface area contributed by atoms with Crippen LogP contribution in [0.1, 0.15) is 39.2 Å². The van der Waals surface area contributed by atoms with Gasteiger partial charge in [0.15, 0.2) is 0 Å². The van der Waals surface area contributed by atoms with E-state index in [9.17, 15) is 0 Å². The average molecular weight is 300 g/mol. The Kier molecular flexibility index (Phi) is 8.60. The van der Waals surface area contributed by atoms with Crippen LogP contribution in [0.3, 0.4) is 0 Å². The summed E-state index contributed by atoms with van der Waals surface area (Å²) in [4.78, 5) is 0. The summed E-state index contributed by atoms with van der Waals surface area (Å²) in [6, 6.07) is 8.73. The van der Waals surface area contributed by atoms with E-state index >= 15 is 0 Å². The van der Waals surface area contributed by atoms with Crippen LogP contribution in [0.4, 0.5) is 0 Å². The lowest BCUT2D eigenvalue weighted by atomic mass is 10.0. The van der Waals surface area contributed by atoms with Crippen LogP contribution in [0, 0.1) is 5.92 Å². The van der Waals surface area contributed by atoms with Gasteiger partial charge in [0, 0.05) is 29.1 Å². The van der Waals surface area contributed by atoms with Crippen molar-refractivity contribution in [2.75, 3.05) is 12.3 Å². The van der Waals surface area contributed by atoms with E-state index in [4.69, 9.17) is 11.6 Å². The summed E-state index contributed by atoms with van der Waals surface area (Å²) in [5.74, 6) is 2.94. The maximum atomic E-state index is 6.13. The van der Waals surface area contributed by atoms with Gasteiger partial charge in [0.25, 0.3) is 0 Å². The van der Waals surface area contributed by atoms with Crippen LogP contribution in [0.2, 0.25) is 5.02 Å². The average Bonchev–Trinajstić information content (AvgIpc) is 2.38. The Morgan fingerprint density at radius 2 is 1.89 bits per heavy atom. The fourth-order valence-corrected chi connectivity index (χ4v) is 3.02. The van der Waals surface area contributed by atoms with E-state index in [-0.39, 0.29) is 0 Å². The van der Waals surface area contributed by atoms with E-state index in [2.05, 4.69) is 32.2 Å². The Balaban J connectivity index is 2.07. The van der Waals surface area contributed by atoms with Gasteiger partial charge in [-0.25, -0.2) is 0 Å². The Bertz CT molecular complexity index is 354. The first-order valence-electron chi connectivity index (χ1n) is 7.14. The molecule has 108 valence electrons. The van der Waals surface area contributed by atoms with Gasteiger partial charge >= 0.3 is 0 Å². The third kappa shape index (κ3) is 7.86. The van der Waals surface area contributed by atoms with Crippen LogP contribution < -0.4 is 5.32 Å². The molecule has 0 aliphatic carbocycles. The minimum absolute atomic E-state index is 0.628. The molecule has 0 aromatic heterocycles. The molecule has 19 heavy (non-hydrogen) atoms. The molecule has 3 heteroatoms. The number of thioether (sulfide) groups is 1. The van der Waals surface area contributed by atoms with Crippen LogP contribution in [0.15, 0.2) is 24.3 Å². The highest BCUT2D eigenvalue weighted by molar-refractivity contribution is 7.98. The van der Waals surface area contributed by atoms with Crippen molar-refractivity contribution in [1.82, 2.24) is 5.32 Å². The zero-order valence-electron chi connectivity index (χ0n) is 12.3. The van der Waals surface area contributed by atoms with E-state index in [1.54, 1.807) is 0 Å². The molecule has 0 radical (unpaired) electrons. The first-order valence-corrected chi connectivity index (χ1v) is 8.67. The lowest BCUT2D eigenvalue weighted by molar-refractivity contribution is 0.460. The number of halogens is 1. The molecule has 1 rings (SSSR count). The van der Waals surface area contributed by atoms with Crippen molar-refractivity contribution in [2.24, 2.45) is 5.92 Å². The molecule has 0 saturated heterocycles. The predicted molar refractivity (Wildman–Crippen MR) is 89.2 cm³/mol. The Morgan fingerprint density at radius 3 is 2.58 bits per heavy atom. The van der Waals surface area contributed by atoms with Gasteiger partial charge in [0.05, 0.1) is 0 Å². The molecule has 0 bridgehead atoms. The van der Waals surface area contributed by atoms with Gasteiger partial charge in [-0.3, -0.25) is 0 Å². The number of hydrogen-bond acceptors (Lipinski definition) is 2. The summed E-state index contributed by atoms with van der Waals surface area (Å²) in [5, 5.41) is 4.47. The molecule has 0 heterocycles. The maximum absolute atomic E-state index is 6.13. The molecule has 0 fully saturated rings. The minimum atomic E-state index is 0.628. The first kappa shape index (κ1) is 16.9. The highest BCUT2D eigenvalue weighted by Crippen LogP contribution is 2.20. The summed E-state index contributed by atoms with van der Waals surface area (Å²) in [6.45, 7) is 7.92. The van der Waals surface area contributed by atoms with Crippen LogP contribution in [-0.2, 0) is 5.75 Å². The SMILES string of the molecule is CC(C)CCC(C)NCCSCc1ccccc1Cl. The largest absolute Gasteiger partial charge is 0.313 e. The summed E-state index contributed by atoms with van der Waals surface area (Å²) in [5.41, 5.74) is 1.24. The second-order valence-electron chi connectivity index (χ2n) is 5.47. The highest BCUT2D eigenvalue weighted by Gasteiger charge is 2.03. The fourth-order valence-electron chi connectivity index (χ4n) is 1.86. The molecule has 1 aromatic rings. The van der Waals surface area contributed by atoms with Crippen LogP contribution >= 0.6 is 23.4 Å². The first-order chi connectivity index (χ1) is 9.09. The molecule has 0 aliphatic heterocycles. The normalized spacial score (nSPS) is 12.9. The second-order valence-corrected chi connectivity index (χ2v) is 6.98. The minimum Gasteiger partial charge on any atom is -0.313 e. The van der Waals surface area contributed by atoms with E-state index in [1.165, 1.54) is 18.4 Å². The van der Waals surface area contributed by atoms with E-state index in [0.717, 1.165) is 29.0 Å². The Morgan fingerprint density at radius 1 is 1.16 bits per heavy atom. The Labute approximate surface area is 127 Å². The van der Waals surface area contributed by atoms with Crippen LogP contribution in [-0.4, -0.2) is 18.3 Å². The van der Waals surface area contributed by atoms with E-state index in [1.807, 2.05) is 30.0 Å². The van der Waals surface area contributed by atoms with Crippen molar-refractivity contribution in [3.05, 3.63) is 34.9 Å². The summed E-state index contributed by atoms with van der Waals surface area (Å²) in [6.07, 6.45) is 2.58. The molecule has 1 aromatic carbocycles. The monoisotopic (exact) mass is 299 g/mol. The lowest BCUT2D eigenvalue weighted by Crippen LogP contribution is -2.28. The van der Waals surface area contributed by atoms with Crippen LogP contribution in [0.25, 0.3) is 0 Å². The standard InChI is InChI=1S/C16H26ClNS/c1-13(2)8-9-14(3)18-10-11-19-12-15-6-4-5-7-16(15)17/h4-7,13-14,18H,8-12H2,1-3H3. The third-order valence-corrected chi connectivity index (χ3v) is 4.51. The number of benzene rings is 1. The highest BCUT2D eigenvalue weighted by atomic mass is 35.5. The summed E-state index contributed by atoms with van der Waals surface area (Å²) >= 11 is 8.07. The van der Waals surface area contributed by atoms with Gasteiger partial charge in [0.1, 0.15) is 0 Å². The number of nitrogens with one attached hydrogen (secondary N) is 1. The van der Waals surface area contributed by atoms with Gasteiger partial charge in [-0.1, -0.05) is 43.6 Å². The molecule has 1 unspecified atom stereocenters. The molecule has 0 amide bonds. The molecule has 1 N–H and O–H groups in total. The van der Waals surface area contributed by atoms with Gasteiger partial charge in [-0.05, 0) is 37.3 Å². The fraction of sp³-hybridized carbons (Fsp3) is 0.625. The van der Waals surface area contributed by atoms with Gasteiger partial charge in [-0.2, -0.15) is 11.8 Å². The maximum Gasteiger partial charge on any atom is 0.0446 e. The molecule has 0 aliphatic rings. The van der Waals surface area contributed by atoms with Crippen LogP contribution in [0.5, 0.6) is 0 Å². The topological polar surface area (TPSA) is 12.0 Å². The zero-order valence-corrected chi connectivity index (χ0v) is 13.9. The van der Waals surface area contributed by atoms with Gasteiger partial charge in [0.2, 0.25) is 0 Å². The molecule has 1 atom stereocenters. The molecular formula is C16H26ClNS. The van der Waals surface area contributed by atoms with Gasteiger partial charge in [-0.15, -0.1) is 0 Å².